The average molecular weight is 376 g/mol. The first-order valence-electron chi connectivity index (χ1n) is 7.97. The van der Waals surface area contributed by atoms with E-state index in [0.717, 1.165) is 35.7 Å². The van der Waals surface area contributed by atoms with E-state index in [1.165, 1.54) is 12.6 Å². The number of nitrogens with one attached hydrogen (secondary N) is 1. The van der Waals surface area contributed by atoms with Gasteiger partial charge in [0, 0.05) is 30.3 Å². The van der Waals surface area contributed by atoms with Crippen LogP contribution in [0.5, 0.6) is 0 Å². The molecule has 0 spiro atoms. The van der Waals surface area contributed by atoms with Gasteiger partial charge in [0.25, 0.3) is 5.91 Å². The molecule has 0 heterocycles. The number of nitriles is 1. The van der Waals surface area contributed by atoms with Crippen molar-refractivity contribution in [2.24, 2.45) is 0 Å². The van der Waals surface area contributed by atoms with Gasteiger partial charge < -0.3 is 10.2 Å². The van der Waals surface area contributed by atoms with Crippen LogP contribution in [0.2, 0.25) is 0 Å². The van der Waals surface area contributed by atoms with Gasteiger partial charge in [-0.2, -0.15) is 5.26 Å². The molecule has 1 saturated carbocycles. The lowest BCUT2D eigenvalue weighted by atomic mass is 9.94. The first-order chi connectivity index (χ1) is 11.1. The van der Waals surface area contributed by atoms with E-state index >= 15 is 0 Å². The summed E-state index contributed by atoms with van der Waals surface area (Å²) in [7, 11) is 1.80. The zero-order valence-corrected chi connectivity index (χ0v) is 15.0. The second-order valence-electron chi connectivity index (χ2n) is 5.85. The molecule has 2 rings (SSSR count). The Kier molecular flexibility index (Phi) is 6.66. The third-order valence-corrected chi connectivity index (χ3v) is 5.06. The van der Waals surface area contributed by atoms with E-state index in [2.05, 4.69) is 21.2 Å². The van der Waals surface area contributed by atoms with Crippen LogP contribution in [0.15, 0.2) is 40.5 Å². The van der Waals surface area contributed by atoms with E-state index in [0.29, 0.717) is 6.54 Å². The second kappa shape index (κ2) is 8.73. The van der Waals surface area contributed by atoms with Crippen LogP contribution < -0.4 is 5.32 Å². The van der Waals surface area contributed by atoms with Crippen molar-refractivity contribution in [1.29, 1.82) is 5.26 Å². The third-order valence-electron chi connectivity index (χ3n) is 4.29. The number of nitrogens with zero attached hydrogens (tertiary/aromatic N) is 2. The Morgan fingerprint density at radius 2 is 2.09 bits per heavy atom. The Balaban J connectivity index is 1.96. The number of likely N-dealkylation sites (N-methyl/N-ethyl adjacent to an activating group) is 1. The summed E-state index contributed by atoms with van der Waals surface area (Å²) in [5.41, 5.74) is 1.24. The molecule has 0 unspecified atom stereocenters. The first-order valence-corrected chi connectivity index (χ1v) is 8.77. The fourth-order valence-corrected chi connectivity index (χ4v) is 3.30. The van der Waals surface area contributed by atoms with Crippen LogP contribution in [0.4, 0.5) is 0 Å². The number of benzene rings is 1. The molecule has 1 aromatic carbocycles. The molecule has 1 amide bonds. The maximum absolute atomic E-state index is 12.5. The molecular weight excluding hydrogens is 354 g/mol. The highest BCUT2D eigenvalue weighted by atomic mass is 79.9. The smallest absolute Gasteiger partial charge is 0.265 e. The lowest BCUT2D eigenvalue weighted by Gasteiger charge is -2.31. The van der Waals surface area contributed by atoms with E-state index in [4.69, 9.17) is 0 Å². The van der Waals surface area contributed by atoms with Gasteiger partial charge in [0.1, 0.15) is 11.6 Å². The Morgan fingerprint density at radius 3 is 2.74 bits per heavy atom. The first kappa shape index (κ1) is 17.6. The van der Waals surface area contributed by atoms with Crippen molar-refractivity contribution < 1.29 is 4.79 Å². The highest BCUT2D eigenvalue weighted by molar-refractivity contribution is 9.10. The van der Waals surface area contributed by atoms with Crippen LogP contribution in [0, 0.1) is 11.3 Å². The van der Waals surface area contributed by atoms with Crippen molar-refractivity contribution in [1.82, 2.24) is 10.2 Å². The van der Waals surface area contributed by atoms with Crippen molar-refractivity contribution in [3.8, 4) is 6.07 Å². The summed E-state index contributed by atoms with van der Waals surface area (Å²) in [5, 5.41) is 12.4. The van der Waals surface area contributed by atoms with Crippen molar-refractivity contribution in [2.45, 2.75) is 44.7 Å². The number of carbonyl (C=O) groups is 1. The van der Waals surface area contributed by atoms with E-state index in [9.17, 15) is 10.1 Å². The second-order valence-corrected chi connectivity index (χ2v) is 6.70. The molecule has 122 valence electrons. The fraction of sp³-hybridized carbons (Fsp3) is 0.444. The van der Waals surface area contributed by atoms with Gasteiger partial charge in [-0.1, -0.05) is 53.4 Å². The molecule has 0 bridgehead atoms. The highest BCUT2D eigenvalue weighted by Gasteiger charge is 2.24. The van der Waals surface area contributed by atoms with E-state index in [1.807, 2.05) is 30.3 Å². The Hall–Kier alpha value is -1.80. The normalized spacial score (nSPS) is 15.8. The molecule has 0 saturated heterocycles. The zero-order chi connectivity index (χ0) is 16.7. The number of halogens is 1. The molecule has 1 aromatic rings. The van der Waals surface area contributed by atoms with Crippen LogP contribution in [-0.4, -0.2) is 23.9 Å². The Bertz CT molecular complexity index is 615. The number of hydrogen-bond donors (Lipinski definition) is 1. The van der Waals surface area contributed by atoms with E-state index in [-0.39, 0.29) is 17.5 Å². The molecule has 1 aliphatic carbocycles. The fourth-order valence-electron chi connectivity index (χ4n) is 2.87. The summed E-state index contributed by atoms with van der Waals surface area (Å²) in [6.45, 7) is 0.563. The zero-order valence-electron chi connectivity index (χ0n) is 13.4. The molecule has 1 N–H and O–H groups in total. The molecule has 1 fully saturated rings. The van der Waals surface area contributed by atoms with Crippen LogP contribution in [-0.2, 0) is 11.3 Å². The average Bonchev–Trinajstić information content (AvgIpc) is 2.60. The summed E-state index contributed by atoms with van der Waals surface area (Å²) in [4.78, 5) is 14.2. The van der Waals surface area contributed by atoms with Gasteiger partial charge in [-0.3, -0.25) is 4.79 Å². The van der Waals surface area contributed by atoms with Gasteiger partial charge in [-0.25, -0.2) is 0 Å². The van der Waals surface area contributed by atoms with Crippen molar-refractivity contribution in [3.63, 3.8) is 0 Å². The van der Waals surface area contributed by atoms with Gasteiger partial charge in [0.15, 0.2) is 0 Å². The maximum Gasteiger partial charge on any atom is 0.265 e. The summed E-state index contributed by atoms with van der Waals surface area (Å²) >= 11 is 3.48. The molecule has 0 atom stereocenters. The van der Waals surface area contributed by atoms with E-state index < -0.39 is 0 Å². The van der Waals surface area contributed by atoms with Gasteiger partial charge >= 0.3 is 0 Å². The lowest BCUT2D eigenvalue weighted by Crippen LogP contribution is -2.39. The summed E-state index contributed by atoms with van der Waals surface area (Å²) in [5.74, 6) is -0.195. The molecule has 0 aliphatic heterocycles. The summed E-state index contributed by atoms with van der Waals surface area (Å²) < 4.78 is 1.00. The van der Waals surface area contributed by atoms with Crippen LogP contribution >= 0.6 is 15.9 Å². The topological polar surface area (TPSA) is 56.1 Å². The van der Waals surface area contributed by atoms with Crippen molar-refractivity contribution >= 4 is 21.8 Å². The molecule has 1 aliphatic rings. The van der Waals surface area contributed by atoms with Crippen LogP contribution in [0.3, 0.4) is 0 Å². The summed E-state index contributed by atoms with van der Waals surface area (Å²) in [6, 6.07) is 10.1. The molecule has 23 heavy (non-hydrogen) atoms. The molecule has 4 nitrogen and oxygen atoms in total. The maximum atomic E-state index is 12.5. The van der Waals surface area contributed by atoms with Crippen molar-refractivity contribution in [3.05, 3.63) is 46.1 Å². The predicted molar refractivity (Wildman–Crippen MR) is 94.3 cm³/mol. The number of amides is 1. The highest BCUT2D eigenvalue weighted by Crippen LogP contribution is 2.22. The van der Waals surface area contributed by atoms with Crippen LogP contribution in [0.25, 0.3) is 0 Å². The quantitative estimate of drug-likeness (QED) is 0.629. The number of hydrogen-bond acceptors (Lipinski definition) is 3. The monoisotopic (exact) mass is 375 g/mol. The van der Waals surface area contributed by atoms with Crippen LogP contribution in [0.1, 0.15) is 37.7 Å². The molecular formula is C18H22BrN3O. The van der Waals surface area contributed by atoms with Gasteiger partial charge in [0.2, 0.25) is 0 Å². The minimum atomic E-state index is -0.195. The minimum Gasteiger partial charge on any atom is -0.386 e. The Morgan fingerprint density at radius 1 is 1.39 bits per heavy atom. The molecule has 5 heteroatoms. The van der Waals surface area contributed by atoms with E-state index in [1.54, 1.807) is 11.9 Å². The lowest BCUT2D eigenvalue weighted by molar-refractivity contribution is -0.128. The number of carbonyl (C=O) groups excluding carboxylic acids is 1. The van der Waals surface area contributed by atoms with Gasteiger partial charge in [-0.15, -0.1) is 0 Å². The standard InChI is InChI=1S/C18H22BrN3O/c1-22(16-8-3-2-4-9-16)18(23)15(11-20)13-21-12-14-7-5-6-10-17(14)19/h5-7,10,13,16,21H,2-4,8-9,12H2,1H3/b15-13-. The molecule has 0 radical (unpaired) electrons. The summed E-state index contributed by atoms with van der Waals surface area (Å²) in [6.07, 6.45) is 7.16. The molecule has 0 aromatic heterocycles. The Labute approximate surface area is 146 Å². The third kappa shape index (κ3) is 4.84. The SMILES string of the molecule is CN(C(=O)/C(C#N)=C\NCc1ccccc1Br)C1CCCCC1. The predicted octanol–water partition coefficient (Wildman–Crippen LogP) is 3.74. The minimum absolute atomic E-state index is 0.158. The largest absolute Gasteiger partial charge is 0.386 e. The number of rotatable bonds is 5. The van der Waals surface area contributed by atoms with Gasteiger partial charge in [-0.05, 0) is 24.5 Å². The van der Waals surface area contributed by atoms with Crippen molar-refractivity contribution in [2.75, 3.05) is 7.05 Å². The van der Waals surface area contributed by atoms with Gasteiger partial charge in [0.05, 0.1) is 0 Å².